The smallest absolute Gasteiger partial charge is 0.270 e. The summed E-state index contributed by atoms with van der Waals surface area (Å²) in [7, 11) is 0. The number of thioether (sulfide) groups is 1. The summed E-state index contributed by atoms with van der Waals surface area (Å²) in [6.07, 6.45) is 0.981. The summed E-state index contributed by atoms with van der Waals surface area (Å²) in [5.74, 6) is 0.833. The molecule has 1 atom stereocenters. The molecule has 2 N–H and O–H groups in total. The lowest BCUT2D eigenvalue weighted by atomic mass is 10.2. The SMILES string of the molecule is CC(CCN)SCc1ccc([N+](=O)[O-])cc1Br. The first-order chi connectivity index (χ1) is 8.04. The van der Waals surface area contributed by atoms with E-state index in [9.17, 15) is 10.1 Å². The third kappa shape index (κ3) is 4.65. The minimum absolute atomic E-state index is 0.112. The average molecular weight is 319 g/mol. The highest BCUT2D eigenvalue weighted by Gasteiger charge is 2.10. The molecular formula is C11H15BrN2O2S. The van der Waals surface area contributed by atoms with Gasteiger partial charge in [-0.15, -0.1) is 0 Å². The van der Waals surface area contributed by atoms with E-state index in [2.05, 4.69) is 22.9 Å². The quantitative estimate of drug-likeness (QED) is 0.645. The van der Waals surface area contributed by atoms with Gasteiger partial charge in [0, 0.05) is 27.6 Å². The Morgan fingerprint density at radius 2 is 2.29 bits per heavy atom. The van der Waals surface area contributed by atoms with Gasteiger partial charge in [-0.25, -0.2) is 0 Å². The van der Waals surface area contributed by atoms with Crippen molar-refractivity contribution in [2.75, 3.05) is 6.54 Å². The van der Waals surface area contributed by atoms with E-state index in [-0.39, 0.29) is 5.69 Å². The highest BCUT2D eigenvalue weighted by molar-refractivity contribution is 9.10. The number of rotatable bonds is 6. The average Bonchev–Trinajstić information content (AvgIpc) is 2.27. The molecule has 0 spiro atoms. The van der Waals surface area contributed by atoms with E-state index in [1.165, 1.54) is 6.07 Å². The van der Waals surface area contributed by atoms with Gasteiger partial charge in [0.05, 0.1) is 4.92 Å². The summed E-state index contributed by atoms with van der Waals surface area (Å²) in [6, 6.07) is 4.88. The van der Waals surface area contributed by atoms with Gasteiger partial charge in [-0.3, -0.25) is 10.1 Å². The molecule has 6 heteroatoms. The maximum Gasteiger partial charge on any atom is 0.270 e. The first kappa shape index (κ1) is 14.5. The van der Waals surface area contributed by atoms with Crippen LogP contribution in [0.5, 0.6) is 0 Å². The Hall–Kier alpha value is -0.590. The number of nitro groups is 1. The van der Waals surface area contributed by atoms with Crippen molar-refractivity contribution in [1.29, 1.82) is 0 Å². The first-order valence-electron chi connectivity index (χ1n) is 5.29. The summed E-state index contributed by atoms with van der Waals surface area (Å²) >= 11 is 5.16. The highest BCUT2D eigenvalue weighted by atomic mass is 79.9. The summed E-state index contributed by atoms with van der Waals surface area (Å²) < 4.78 is 0.791. The van der Waals surface area contributed by atoms with E-state index >= 15 is 0 Å². The molecule has 0 bridgehead atoms. The highest BCUT2D eigenvalue weighted by Crippen LogP contribution is 2.28. The van der Waals surface area contributed by atoms with Crippen molar-refractivity contribution < 1.29 is 4.92 Å². The number of hydrogen-bond donors (Lipinski definition) is 1. The second-order valence-electron chi connectivity index (χ2n) is 3.73. The van der Waals surface area contributed by atoms with Gasteiger partial charge in [0.25, 0.3) is 5.69 Å². The number of non-ortho nitro benzene ring substituents is 1. The molecule has 0 radical (unpaired) electrons. The van der Waals surface area contributed by atoms with Crippen LogP contribution in [0, 0.1) is 10.1 Å². The van der Waals surface area contributed by atoms with Gasteiger partial charge in [-0.05, 0) is 18.5 Å². The molecule has 17 heavy (non-hydrogen) atoms. The van der Waals surface area contributed by atoms with Gasteiger partial charge < -0.3 is 5.73 Å². The number of nitro benzene ring substituents is 1. The zero-order valence-electron chi connectivity index (χ0n) is 9.56. The Balaban J connectivity index is 2.63. The summed E-state index contributed by atoms with van der Waals surface area (Å²) in [4.78, 5) is 10.2. The van der Waals surface area contributed by atoms with Gasteiger partial charge in [-0.1, -0.05) is 28.9 Å². The lowest BCUT2D eigenvalue weighted by Crippen LogP contribution is -2.07. The number of halogens is 1. The standard InChI is InChI=1S/C11H15BrN2O2S/c1-8(4-5-13)17-7-9-2-3-10(14(15)16)6-11(9)12/h2-3,6,8H,4-5,7,13H2,1H3. The molecule has 1 aromatic rings. The van der Waals surface area contributed by atoms with Gasteiger partial charge in [0.15, 0.2) is 0 Å². The van der Waals surface area contributed by atoms with Crippen molar-refractivity contribution in [3.8, 4) is 0 Å². The summed E-state index contributed by atoms with van der Waals surface area (Å²) in [5, 5.41) is 11.1. The van der Waals surface area contributed by atoms with Gasteiger partial charge in [-0.2, -0.15) is 11.8 Å². The molecular weight excluding hydrogens is 304 g/mol. The second kappa shape index (κ2) is 6.98. The third-order valence-electron chi connectivity index (χ3n) is 2.34. The molecule has 0 aromatic heterocycles. The molecule has 0 amide bonds. The van der Waals surface area contributed by atoms with Crippen molar-refractivity contribution in [2.24, 2.45) is 5.73 Å². The predicted molar refractivity (Wildman–Crippen MR) is 75.2 cm³/mol. The van der Waals surface area contributed by atoms with E-state index in [1.54, 1.807) is 23.9 Å². The summed E-state index contributed by atoms with van der Waals surface area (Å²) in [6.45, 7) is 2.83. The van der Waals surface area contributed by atoms with Gasteiger partial charge >= 0.3 is 0 Å². The Morgan fingerprint density at radius 1 is 1.59 bits per heavy atom. The zero-order valence-corrected chi connectivity index (χ0v) is 12.0. The minimum Gasteiger partial charge on any atom is -0.330 e. The van der Waals surface area contributed by atoms with E-state index < -0.39 is 4.92 Å². The first-order valence-corrected chi connectivity index (χ1v) is 7.13. The van der Waals surface area contributed by atoms with Crippen LogP contribution in [0.2, 0.25) is 0 Å². The molecule has 0 aliphatic carbocycles. The zero-order chi connectivity index (χ0) is 12.8. The molecule has 0 saturated heterocycles. The maximum atomic E-state index is 10.6. The number of benzene rings is 1. The Morgan fingerprint density at radius 3 is 2.82 bits per heavy atom. The molecule has 0 aliphatic heterocycles. The van der Waals surface area contributed by atoms with Crippen LogP contribution < -0.4 is 5.73 Å². The van der Waals surface area contributed by atoms with Crippen LogP contribution in [0.25, 0.3) is 0 Å². The molecule has 0 saturated carbocycles. The van der Waals surface area contributed by atoms with Crippen LogP contribution in [-0.2, 0) is 5.75 Å². The van der Waals surface area contributed by atoms with Crippen LogP contribution >= 0.6 is 27.7 Å². The third-order valence-corrected chi connectivity index (χ3v) is 4.36. The van der Waals surface area contributed by atoms with Crippen molar-refractivity contribution in [3.63, 3.8) is 0 Å². The summed E-state index contributed by atoms with van der Waals surface area (Å²) in [5.41, 5.74) is 6.67. The fourth-order valence-corrected chi connectivity index (χ4v) is 3.03. The number of hydrogen-bond acceptors (Lipinski definition) is 4. The Labute approximate surface area is 113 Å². The van der Waals surface area contributed by atoms with Crippen LogP contribution in [0.15, 0.2) is 22.7 Å². The van der Waals surface area contributed by atoms with E-state index in [4.69, 9.17) is 5.73 Å². The topological polar surface area (TPSA) is 69.2 Å². The molecule has 0 fully saturated rings. The van der Waals surface area contributed by atoms with Crippen LogP contribution in [0.1, 0.15) is 18.9 Å². The Kier molecular flexibility index (Phi) is 5.94. The van der Waals surface area contributed by atoms with E-state index in [0.29, 0.717) is 11.8 Å². The second-order valence-corrected chi connectivity index (χ2v) is 6.01. The van der Waals surface area contributed by atoms with E-state index in [1.807, 2.05) is 0 Å². The number of nitrogens with two attached hydrogens (primary N) is 1. The van der Waals surface area contributed by atoms with Crippen molar-refractivity contribution in [2.45, 2.75) is 24.3 Å². The lowest BCUT2D eigenvalue weighted by Gasteiger charge is -2.10. The van der Waals surface area contributed by atoms with Gasteiger partial charge in [0.1, 0.15) is 0 Å². The molecule has 1 rings (SSSR count). The van der Waals surface area contributed by atoms with Crippen LogP contribution in [0.3, 0.4) is 0 Å². The molecule has 0 heterocycles. The van der Waals surface area contributed by atoms with Crippen molar-refractivity contribution >= 4 is 33.4 Å². The minimum atomic E-state index is -0.390. The monoisotopic (exact) mass is 318 g/mol. The Bertz CT molecular complexity index is 401. The molecule has 1 aromatic carbocycles. The van der Waals surface area contributed by atoms with Crippen molar-refractivity contribution in [3.05, 3.63) is 38.3 Å². The molecule has 94 valence electrons. The van der Waals surface area contributed by atoms with Crippen LogP contribution in [-0.4, -0.2) is 16.7 Å². The predicted octanol–water partition coefficient (Wildman–Crippen LogP) is 3.33. The molecule has 4 nitrogen and oxygen atoms in total. The fourth-order valence-electron chi connectivity index (χ4n) is 1.32. The normalized spacial score (nSPS) is 12.4. The number of nitrogens with zero attached hydrogens (tertiary/aromatic N) is 1. The lowest BCUT2D eigenvalue weighted by molar-refractivity contribution is -0.384. The van der Waals surface area contributed by atoms with E-state index in [0.717, 1.165) is 22.2 Å². The van der Waals surface area contributed by atoms with Crippen LogP contribution in [0.4, 0.5) is 5.69 Å². The largest absolute Gasteiger partial charge is 0.330 e. The van der Waals surface area contributed by atoms with Gasteiger partial charge in [0.2, 0.25) is 0 Å². The molecule has 1 unspecified atom stereocenters. The fraction of sp³-hybridized carbons (Fsp3) is 0.455. The van der Waals surface area contributed by atoms with Crippen molar-refractivity contribution in [1.82, 2.24) is 0 Å². The molecule has 0 aliphatic rings. The maximum absolute atomic E-state index is 10.6.